The molecule has 2 nitrogen and oxygen atoms in total. The maximum Gasteiger partial charge on any atom is 0.0366 e. The number of hydrogen-bond donors (Lipinski definition) is 2. The molecule has 2 heteroatoms. The number of rotatable bonds is 1. The molecule has 54 valence electrons. The summed E-state index contributed by atoms with van der Waals surface area (Å²) in [6.07, 6.45) is 6.32. The Morgan fingerprint density at radius 3 is 3.00 bits per heavy atom. The molecule has 3 N–H and O–H groups in total. The largest absolute Gasteiger partial charge is 0.401 e. The first kappa shape index (κ1) is 7.06. The highest BCUT2D eigenvalue weighted by Crippen LogP contribution is 2.17. The summed E-state index contributed by atoms with van der Waals surface area (Å²) in [5, 5.41) is 7.02. The third kappa shape index (κ3) is 1.26. The van der Waals surface area contributed by atoms with E-state index in [0.29, 0.717) is 0 Å². The first-order valence-corrected chi connectivity index (χ1v) is 3.38. The van der Waals surface area contributed by atoms with E-state index in [4.69, 9.17) is 11.1 Å². The Hall–Kier alpha value is -1.05. The molecule has 0 heterocycles. The van der Waals surface area contributed by atoms with Crippen LogP contribution < -0.4 is 5.73 Å². The normalized spacial score (nSPS) is 25.1. The lowest BCUT2D eigenvalue weighted by Gasteiger charge is -2.14. The number of hydrogen-bond acceptors (Lipinski definition) is 2. The summed E-state index contributed by atoms with van der Waals surface area (Å²) in [5.74, 6) is 0.142. The van der Waals surface area contributed by atoms with Crippen molar-refractivity contribution in [2.75, 3.05) is 0 Å². The van der Waals surface area contributed by atoms with Gasteiger partial charge in [0.25, 0.3) is 0 Å². The van der Waals surface area contributed by atoms with Gasteiger partial charge in [-0.25, -0.2) is 0 Å². The van der Waals surface area contributed by atoms with Crippen LogP contribution in [0.2, 0.25) is 0 Å². The fraction of sp³-hybridized carbons (Fsp3) is 0.375. The average Bonchev–Trinajstić information content (AvgIpc) is 1.88. The van der Waals surface area contributed by atoms with Crippen molar-refractivity contribution in [3.63, 3.8) is 0 Å². The van der Waals surface area contributed by atoms with Crippen molar-refractivity contribution in [1.82, 2.24) is 0 Å². The summed E-state index contributed by atoms with van der Waals surface area (Å²) in [7, 11) is 0. The molecule has 0 aromatic carbocycles. The molecule has 0 bridgehead atoms. The van der Waals surface area contributed by atoms with E-state index in [1.165, 1.54) is 11.8 Å². The van der Waals surface area contributed by atoms with Gasteiger partial charge in [0.15, 0.2) is 0 Å². The third-order valence-corrected chi connectivity index (χ3v) is 1.72. The van der Waals surface area contributed by atoms with Crippen molar-refractivity contribution in [3.05, 3.63) is 23.4 Å². The predicted octanol–water partition coefficient (Wildman–Crippen LogP) is 1.44. The van der Waals surface area contributed by atoms with Gasteiger partial charge in [0.1, 0.15) is 0 Å². The molecular formula is C8H12N2. The molecule has 1 unspecified atom stereocenters. The van der Waals surface area contributed by atoms with Crippen molar-refractivity contribution >= 4 is 6.21 Å². The molecular weight excluding hydrogens is 124 g/mol. The first-order valence-electron chi connectivity index (χ1n) is 3.38. The van der Waals surface area contributed by atoms with Gasteiger partial charge < -0.3 is 11.1 Å². The minimum atomic E-state index is 0.142. The summed E-state index contributed by atoms with van der Waals surface area (Å²) in [6.45, 7) is 2.02. The second-order valence-electron chi connectivity index (χ2n) is 2.60. The Morgan fingerprint density at radius 1 is 1.80 bits per heavy atom. The van der Waals surface area contributed by atoms with Crippen molar-refractivity contribution in [2.45, 2.75) is 13.3 Å². The Balaban J connectivity index is 2.77. The summed E-state index contributed by atoms with van der Waals surface area (Å²) in [4.78, 5) is 0. The average molecular weight is 136 g/mol. The highest BCUT2D eigenvalue weighted by molar-refractivity contribution is 5.63. The molecule has 0 saturated heterocycles. The van der Waals surface area contributed by atoms with Gasteiger partial charge in [-0.2, -0.15) is 0 Å². The van der Waals surface area contributed by atoms with Crippen LogP contribution in [0, 0.1) is 11.3 Å². The molecule has 0 fully saturated rings. The summed E-state index contributed by atoms with van der Waals surface area (Å²) >= 11 is 0. The van der Waals surface area contributed by atoms with Crippen molar-refractivity contribution in [3.8, 4) is 0 Å². The fourth-order valence-corrected chi connectivity index (χ4v) is 1.04. The van der Waals surface area contributed by atoms with Crippen LogP contribution in [0.25, 0.3) is 0 Å². The van der Waals surface area contributed by atoms with E-state index in [1.54, 1.807) is 0 Å². The number of nitrogens with one attached hydrogen (secondary N) is 1. The minimum Gasteiger partial charge on any atom is -0.401 e. The highest BCUT2D eigenvalue weighted by atomic mass is 14.6. The monoisotopic (exact) mass is 136 g/mol. The van der Waals surface area contributed by atoms with Crippen molar-refractivity contribution < 1.29 is 0 Å². The predicted molar refractivity (Wildman–Crippen MR) is 42.9 cm³/mol. The van der Waals surface area contributed by atoms with Crippen LogP contribution in [0.4, 0.5) is 0 Å². The molecule has 0 amide bonds. The van der Waals surface area contributed by atoms with E-state index in [1.807, 2.05) is 13.0 Å². The smallest absolute Gasteiger partial charge is 0.0366 e. The molecule has 1 rings (SSSR count). The molecule has 0 saturated carbocycles. The van der Waals surface area contributed by atoms with E-state index in [9.17, 15) is 0 Å². The maximum atomic E-state index is 7.02. The van der Waals surface area contributed by atoms with Gasteiger partial charge >= 0.3 is 0 Å². The Kier molecular flexibility index (Phi) is 1.90. The maximum absolute atomic E-state index is 7.02. The van der Waals surface area contributed by atoms with Gasteiger partial charge in [-0.1, -0.05) is 11.6 Å². The van der Waals surface area contributed by atoms with Crippen LogP contribution in [0.3, 0.4) is 0 Å². The van der Waals surface area contributed by atoms with Gasteiger partial charge in [-0.3, -0.25) is 0 Å². The molecule has 10 heavy (non-hydrogen) atoms. The number of nitrogens with two attached hydrogens (primary N) is 1. The zero-order valence-corrected chi connectivity index (χ0v) is 6.09. The fourth-order valence-electron chi connectivity index (χ4n) is 1.04. The lowest BCUT2D eigenvalue weighted by molar-refractivity contribution is 0.799. The van der Waals surface area contributed by atoms with E-state index in [-0.39, 0.29) is 5.92 Å². The van der Waals surface area contributed by atoms with Crippen molar-refractivity contribution in [1.29, 1.82) is 5.41 Å². The lowest BCUT2D eigenvalue weighted by atomic mass is 9.95. The third-order valence-electron chi connectivity index (χ3n) is 1.72. The molecule has 1 aliphatic carbocycles. The second-order valence-corrected chi connectivity index (χ2v) is 2.60. The van der Waals surface area contributed by atoms with Gasteiger partial charge in [0.2, 0.25) is 0 Å². The lowest BCUT2D eigenvalue weighted by Crippen LogP contribution is -2.15. The van der Waals surface area contributed by atoms with E-state index >= 15 is 0 Å². The summed E-state index contributed by atoms with van der Waals surface area (Å²) in [6, 6.07) is 0. The van der Waals surface area contributed by atoms with Crippen LogP contribution in [0.15, 0.2) is 23.4 Å². The molecule has 0 spiro atoms. The topological polar surface area (TPSA) is 49.9 Å². The Labute approximate surface area is 60.9 Å². The summed E-state index contributed by atoms with van der Waals surface area (Å²) < 4.78 is 0. The molecule has 0 radical (unpaired) electrons. The Bertz CT molecular complexity index is 201. The standard InChI is InChI=1S/C8H12N2/c1-6-2-3-7(5-9)8(10)4-6/h2,4-5,7,9H,3,10H2,1H3. The van der Waals surface area contributed by atoms with E-state index in [0.717, 1.165) is 12.1 Å². The Morgan fingerprint density at radius 2 is 2.50 bits per heavy atom. The highest BCUT2D eigenvalue weighted by Gasteiger charge is 2.10. The minimum absolute atomic E-state index is 0.142. The number of allylic oxidation sites excluding steroid dienone is 4. The van der Waals surface area contributed by atoms with E-state index < -0.39 is 0 Å². The van der Waals surface area contributed by atoms with Gasteiger partial charge in [0.05, 0.1) is 0 Å². The zero-order chi connectivity index (χ0) is 7.56. The van der Waals surface area contributed by atoms with Crippen LogP contribution in [-0.4, -0.2) is 6.21 Å². The van der Waals surface area contributed by atoms with Gasteiger partial charge in [0, 0.05) is 17.8 Å². The molecule has 0 aromatic rings. The molecule has 1 atom stereocenters. The SMILES string of the molecule is CC1=CCC(C=N)C(N)=C1. The van der Waals surface area contributed by atoms with Gasteiger partial charge in [-0.15, -0.1) is 0 Å². The first-order chi connectivity index (χ1) is 4.74. The van der Waals surface area contributed by atoms with Gasteiger partial charge in [-0.05, 0) is 19.4 Å². The summed E-state index contributed by atoms with van der Waals surface area (Å²) in [5.41, 5.74) is 7.67. The zero-order valence-electron chi connectivity index (χ0n) is 6.09. The van der Waals surface area contributed by atoms with Crippen LogP contribution >= 0.6 is 0 Å². The molecule has 1 aliphatic rings. The second kappa shape index (κ2) is 2.69. The van der Waals surface area contributed by atoms with Crippen LogP contribution in [0.5, 0.6) is 0 Å². The molecule has 0 aliphatic heterocycles. The quantitative estimate of drug-likeness (QED) is 0.526. The van der Waals surface area contributed by atoms with E-state index in [2.05, 4.69) is 6.08 Å². The van der Waals surface area contributed by atoms with Crippen molar-refractivity contribution in [2.24, 2.45) is 11.7 Å². The van der Waals surface area contributed by atoms with Crippen LogP contribution in [0.1, 0.15) is 13.3 Å². The van der Waals surface area contributed by atoms with Crippen LogP contribution in [-0.2, 0) is 0 Å². The molecule has 0 aromatic heterocycles.